The zero-order valence-corrected chi connectivity index (χ0v) is 12.6. The van der Waals surface area contributed by atoms with Gasteiger partial charge in [-0.05, 0) is 25.8 Å². The molecule has 0 unspecified atom stereocenters. The van der Waals surface area contributed by atoms with E-state index in [9.17, 15) is 8.42 Å². The van der Waals surface area contributed by atoms with Crippen LogP contribution in [0.3, 0.4) is 0 Å². The van der Waals surface area contributed by atoms with Gasteiger partial charge in [-0.25, -0.2) is 8.42 Å². The first kappa shape index (κ1) is 13.8. The SMILES string of the molecule is Cc1cc(N2CCS(=O)(=O)CC2)c(CNC2CC2)cn1. The predicted molar refractivity (Wildman–Crippen MR) is 79.7 cm³/mol. The van der Waals surface area contributed by atoms with Crippen LogP contribution in [0.2, 0.25) is 0 Å². The van der Waals surface area contributed by atoms with Gasteiger partial charge < -0.3 is 10.2 Å². The Morgan fingerprint density at radius 1 is 1.35 bits per heavy atom. The van der Waals surface area contributed by atoms with Gasteiger partial charge in [0.1, 0.15) is 0 Å². The summed E-state index contributed by atoms with van der Waals surface area (Å²) in [7, 11) is -2.84. The third-order valence-corrected chi connectivity index (χ3v) is 5.55. The highest BCUT2D eigenvalue weighted by molar-refractivity contribution is 7.91. The monoisotopic (exact) mass is 295 g/mol. The van der Waals surface area contributed by atoms with Gasteiger partial charge in [0, 0.05) is 48.8 Å². The van der Waals surface area contributed by atoms with E-state index in [1.165, 1.54) is 18.4 Å². The molecule has 0 bridgehead atoms. The second-order valence-electron chi connectivity index (χ2n) is 5.75. The summed E-state index contributed by atoms with van der Waals surface area (Å²) < 4.78 is 23.1. The number of aryl methyl sites for hydroxylation is 1. The van der Waals surface area contributed by atoms with E-state index in [4.69, 9.17) is 0 Å². The number of nitrogens with one attached hydrogen (secondary N) is 1. The highest BCUT2D eigenvalue weighted by Crippen LogP contribution is 2.25. The minimum atomic E-state index is -2.84. The Balaban J connectivity index is 1.77. The molecule has 0 spiro atoms. The molecule has 3 rings (SSSR count). The average Bonchev–Trinajstić information content (AvgIpc) is 3.21. The van der Waals surface area contributed by atoms with Crippen LogP contribution in [0.1, 0.15) is 24.1 Å². The number of anilines is 1. The molecular weight excluding hydrogens is 274 g/mol. The summed E-state index contributed by atoms with van der Waals surface area (Å²) in [5, 5.41) is 3.50. The summed E-state index contributed by atoms with van der Waals surface area (Å²) in [6.07, 6.45) is 4.44. The molecule has 0 atom stereocenters. The molecule has 1 aliphatic heterocycles. The van der Waals surface area contributed by atoms with Crippen molar-refractivity contribution >= 4 is 15.5 Å². The average molecular weight is 295 g/mol. The molecule has 2 aliphatic rings. The van der Waals surface area contributed by atoms with E-state index in [-0.39, 0.29) is 11.5 Å². The van der Waals surface area contributed by atoms with Crippen molar-refractivity contribution in [2.45, 2.75) is 32.4 Å². The van der Waals surface area contributed by atoms with E-state index in [1.807, 2.05) is 13.1 Å². The van der Waals surface area contributed by atoms with Gasteiger partial charge in [-0.3, -0.25) is 4.98 Å². The Hall–Kier alpha value is -1.14. The van der Waals surface area contributed by atoms with Gasteiger partial charge in [0.2, 0.25) is 0 Å². The van der Waals surface area contributed by atoms with Crippen molar-refractivity contribution in [2.24, 2.45) is 0 Å². The van der Waals surface area contributed by atoms with Crippen molar-refractivity contribution in [3.8, 4) is 0 Å². The maximum Gasteiger partial charge on any atom is 0.153 e. The van der Waals surface area contributed by atoms with Gasteiger partial charge in [0.15, 0.2) is 9.84 Å². The normalized spacial score (nSPS) is 21.9. The predicted octanol–water partition coefficient (Wildman–Crippen LogP) is 0.877. The Kier molecular flexibility index (Phi) is 3.69. The van der Waals surface area contributed by atoms with E-state index in [1.54, 1.807) is 0 Å². The molecule has 1 saturated carbocycles. The van der Waals surface area contributed by atoms with Gasteiger partial charge >= 0.3 is 0 Å². The number of nitrogens with zero attached hydrogens (tertiary/aromatic N) is 2. The van der Waals surface area contributed by atoms with Gasteiger partial charge in [0.25, 0.3) is 0 Å². The third kappa shape index (κ3) is 3.30. The number of aromatic nitrogens is 1. The van der Waals surface area contributed by atoms with Crippen molar-refractivity contribution in [1.29, 1.82) is 0 Å². The minimum Gasteiger partial charge on any atom is -0.369 e. The lowest BCUT2D eigenvalue weighted by atomic mass is 10.1. The van der Waals surface area contributed by atoms with Crippen LogP contribution in [0.25, 0.3) is 0 Å². The Bertz CT molecular complexity index is 582. The lowest BCUT2D eigenvalue weighted by molar-refractivity contribution is 0.586. The van der Waals surface area contributed by atoms with E-state index in [0.717, 1.165) is 17.9 Å². The van der Waals surface area contributed by atoms with Crippen LogP contribution < -0.4 is 10.2 Å². The third-order valence-electron chi connectivity index (χ3n) is 3.94. The van der Waals surface area contributed by atoms with Crippen molar-refractivity contribution in [3.05, 3.63) is 23.5 Å². The van der Waals surface area contributed by atoms with Crippen molar-refractivity contribution < 1.29 is 8.42 Å². The molecule has 20 heavy (non-hydrogen) atoms. The van der Waals surface area contributed by atoms with Crippen LogP contribution in [0, 0.1) is 6.92 Å². The van der Waals surface area contributed by atoms with E-state index < -0.39 is 9.84 Å². The van der Waals surface area contributed by atoms with E-state index in [0.29, 0.717) is 19.1 Å². The maximum absolute atomic E-state index is 11.6. The molecule has 1 N–H and O–H groups in total. The lowest BCUT2D eigenvalue weighted by Gasteiger charge is -2.30. The smallest absolute Gasteiger partial charge is 0.153 e. The largest absolute Gasteiger partial charge is 0.369 e. The summed E-state index contributed by atoms with van der Waals surface area (Å²) in [6.45, 7) is 3.96. The first-order valence-electron chi connectivity index (χ1n) is 7.18. The summed E-state index contributed by atoms with van der Waals surface area (Å²) in [6, 6.07) is 2.73. The fourth-order valence-corrected chi connectivity index (χ4v) is 3.70. The molecule has 1 saturated heterocycles. The first-order chi connectivity index (χ1) is 9.53. The van der Waals surface area contributed by atoms with Crippen LogP contribution in [0.4, 0.5) is 5.69 Å². The maximum atomic E-state index is 11.6. The zero-order chi connectivity index (χ0) is 14.2. The number of pyridine rings is 1. The van der Waals surface area contributed by atoms with E-state index in [2.05, 4.69) is 21.3 Å². The number of hydrogen-bond donors (Lipinski definition) is 1. The second kappa shape index (κ2) is 5.33. The molecule has 5 nitrogen and oxygen atoms in total. The highest BCUT2D eigenvalue weighted by Gasteiger charge is 2.25. The van der Waals surface area contributed by atoms with Crippen LogP contribution in [0.5, 0.6) is 0 Å². The zero-order valence-electron chi connectivity index (χ0n) is 11.8. The molecule has 1 aliphatic carbocycles. The molecule has 0 aromatic carbocycles. The van der Waals surface area contributed by atoms with Crippen molar-refractivity contribution in [3.63, 3.8) is 0 Å². The summed E-state index contributed by atoms with van der Waals surface area (Å²) in [5.41, 5.74) is 3.28. The Morgan fingerprint density at radius 2 is 2.05 bits per heavy atom. The molecule has 0 amide bonds. The van der Waals surface area contributed by atoms with Crippen LogP contribution >= 0.6 is 0 Å². The Labute approximate surface area is 120 Å². The van der Waals surface area contributed by atoms with Gasteiger partial charge in [0.05, 0.1) is 11.5 Å². The summed E-state index contributed by atoms with van der Waals surface area (Å²) in [5.74, 6) is 0.508. The highest BCUT2D eigenvalue weighted by atomic mass is 32.2. The molecule has 0 radical (unpaired) electrons. The topological polar surface area (TPSA) is 62.3 Å². The fraction of sp³-hybridized carbons (Fsp3) is 0.643. The molecule has 2 fully saturated rings. The lowest BCUT2D eigenvalue weighted by Crippen LogP contribution is -2.41. The number of sulfone groups is 1. The molecule has 1 aromatic heterocycles. The van der Waals surface area contributed by atoms with Gasteiger partial charge in [-0.15, -0.1) is 0 Å². The standard InChI is InChI=1S/C14H21N3O2S/c1-11-8-14(17-4-6-20(18,19)7-5-17)12(9-15-11)10-16-13-2-3-13/h8-9,13,16H,2-7,10H2,1H3. The molecule has 6 heteroatoms. The molecule has 2 heterocycles. The first-order valence-corrected chi connectivity index (χ1v) is 9.00. The molecule has 110 valence electrons. The van der Waals surface area contributed by atoms with Crippen molar-refractivity contribution in [2.75, 3.05) is 29.5 Å². The summed E-state index contributed by atoms with van der Waals surface area (Å²) >= 11 is 0. The number of rotatable bonds is 4. The second-order valence-corrected chi connectivity index (χ2v) is 8.05. The van der Waals surface area contributed by atoms with Gasteiger partial charge in [-0.2, -0.15) is 0 Å². The molecule has 1 aromatic rings. The van der Waals surface area contributed by atoms with Gasteiger partial charge in [-0.1, -0.05) is 0 Å². The van der Waals surface area contributed by atoms with E-state index >= 15 is 0 Å². The quantitative estimate of drug-likeness (QED) is 0.893. The van der Waals surface area contributed by atoms with Crippen LogP contribution in [-0.4, -0.2) is 44.0 Å². The number of hydrogen-bond acceptors (Lipinski definition) is 5. The van der Waals surface area contributed by atoms with Crippen LogP contribution in [0.15, 0.2) is 12.3 Å². The summed E-state index contributed by atoms with van der Waals surface area (Å²) in [4.78, 5) is 6.56. The fourth-order valence-electron chi connectivity index (χ4n) is 2.50. The Morgan fingerprint density at radius 3 is 2.70 bits per heavy atom. The molecular formula is C14H21N3O2S. The van der Waals surface area contributed by atoms with Crippen LogP contribution in [-0.2, 0) is 16.4 Å². The minimum absolute atomic E-state index is 0.254. The van der Waals surface area contributed by atoms with Crippen molar-refractivity contribution in [1.82, 2.24) is 10.3 Å².